The van der Waals surface area contributed by atoms with Crippen LogP contribution in [0.15, 0.2) is 36.4 Å². The van der Waals surface area contributed by atoms with Crippen LogP contribution in [0.2, 0.25) is 0 Å². The van der Waals surface area contributed by atoms with Gasteiger partial charge in [0.1, 0.15) is 0 Å². The van der Waals surface area contributed by atoms with Gasteiger partial charge in [-0.15, -0.1) is 0 Å². The van der Waals surface area contributed by atoms with Gasteiger partial charge < -0.3 is 9.80 Å². The van der Waals surface area contributed by atoms with E-state index in [2.05, 4.69) is 0 Å². The van der Waals surface area contributed by atoms with Crippen molar-refractivity contribution in [2.24, 2.45) is 0 Å². The molecule has 2 rings (SSSR count). The number of rotatable bonds is 2. The van der Waals surface area contributed by atoms with E-state index in [-0.39, 0.29) is 11.8 Å². The van der Waals surface area contributed by atoms with Gasteiger partial charge in [0.15, 0.2) is 0 Å². The summed E-state index contributed by atoms with van der Waals surface area (Å²) in [5, 5.41) is 0. The highest BCUT2D eigenvalue weighted by molar-refractivity contribution is 5.95. The van der Waals surface area contributed by atoms with Crippen LogP contribution < -0.4 is 0 Å². The van der Waals surface area contributed by atoms with Gasteiger partial charge in [-0.05, 0) is 18.1 Å². The topological polar surface area (TPSA) is 40.6 Å². The van der Waals surface area contributed by atoms with Crippen molar-refractivity contribution in [3.05, 3.63) is 42.0 Å². The Morgan fingerprint density at radius 2 is 1.50 bits per heavy atom. The molecule has 1 fully saturated rings. The summed E-state index contributed by atoms with van der Waals surface area (Å²) in [4.78, 5) is 27.0. The van der Waals surface area contributed by atoms with Gasteiger partial charge >= 0.3 is 0 Å². The van der Waals surface area contributed by atoms with Crippen LogP contribution in [0, 0.1) is 0 Å². The van der Waals surface area contributed by atoms with Crippen LogP contribution in [-0.2, 0) is 9.59 Å². The fraction of sp³-hybridized carbons (Fsp3) is 0.375. The van der Waals surface area contributed by atoms with Crippen LogP contribution in [0.25, 0.3) is 5.57 Å². The van der Waals surface area contributed by atoms with Gasteiger partial charge in [0.2, 0.25) is 11.8 Å². The first-order valence-electron chi connectivity index (χ1n) is 6.86. The molecule has 0 atom stereocenters. The number of benzene rings is 1. The van der Waals surface area contributed by atoms with E-state index in [0.717, 1.165) is 11.1 Å². The predicted molar refractivity (Wildman–Crippen MR) is 78.9 cm³/mol. The maximum Gasteiger partial charge on any atom is 0.246 e. The van der Waals surface area contributed by atoms with E-state index in [4.69, 9.17) is 0 Å². The lowest BCUT2D eigenvalue weighted by atomic mass is 10.1. The number of allylic oxidation sites excluding steroid dienone is 1. The van der Waals surface area contributed by atoms with Crippen molar-refractivity contribution in [3.8, 4) is 0 Å². The van der Waals surface area contributed by atoms with Crippen molar-refractivity contribution < 1.29 is 9.59 Å². The van der Waals surface area contributed by atoms with Gasteiger partial charge in [0.25, 0.3) is 0 Å². The van der Waals surface area contributed by atoms with Gasteiger partial charge in [-0.25, -0.2) is 0 Å². The molecule has 1 aliphatic heterocycles. The highest BCUT2D eigenvalue weighted by Gasteiger charge is 2.21. The molecule has 1 aliphatic rings. The molecule has 0 N–H and O–H groups in total. The maximum absolute atomic E-state index is 12.2. The molecule has 0 aromatic heterocycles. The lowest BCUT2D eigenvalue weighted by Gasteiger charge is -2.33. The molecule has 2 amide bonds. The monoisotopic (exact) mass is 272 g/mol. The standard InChI is InChI=1S/C16H20N2O2/c1-13(15-6-4-3-5-7-15)12-16(20)18-10-8-17(9-11-18)14(2)19/h3-7,12H,8-11H2,1-2H3/b13-12+. The Labute approximate surface area is 119 Å². The Balaban J connectivity index is 1.98. The summed E-state index contributed by atoms with van der Waals surface area (Å²) in [5.41, 5.74) is 2.02. The van der Waals surface area contributed by atoms with Crippen LogP contribution in [0.5, 0.6) is 0 Å². The smallest absolute Gasteiger partial charge is 0.246 e. The minimum absolute atomic E-state index is 0.0227. The number of piperazine rings is 1. The summed E-state index contributed by atoms with van der Waals surface area (Å²) in [5.74, 6) is 0.0997. The first-order valence-corrected chi connectivity index (χ1v) is 6.86. The van der Waals surface area contributed by atoms with E-state index >= 15 is 0 Å². The molecule has 1 aromatic rings. The zero-order valence-corrected chi connectivity index (χ0v) is 12.0. The van der Waals surface area contributed by atoms with Crippen molar-refractivity contribution >= 4 is 17.4 Å². The number of hydrogen-bond acceptors (Lipinski definition) is 2. The van der Waals surface area contributed by atoms with Crippen LogP contribution in [0.1, 0.15) is 19.4 Å². The third-order valence-electron chi connectivity index (χ3n) is 3.61. The normalized spacial score (nSPS) is 16.2. The number of carbonyl (C=O) groups excluding carboxylic acids is 2. The van der Waals surface area contributed by atoms with Gasteiger partial charge in [0.05, 0.1) is 0 Å². The largest absolute Gasteiger partial charge is 0.339 e. The summed E-state index contributed by atoms with van der Waals surface area (Å²) in [6.45, 7) is 5.97. The predicted octanol–water partition coefficient (Wildman–Crippen LogP) is 1.78. The van der Waals surface area contributed by atoms with E-state index in [0.29, 0.717) is 26.2 Å². The molecule has 1 saturated heterocycles. The molecule has 4 nitrogen and oxygen atoms in total. The zero-order chi connectivity index (χ0) is 14.5. The van der Waals surface area contributed by atoms with Crippen LogP contribution in [0.3, 0.4) is 0 Å². The Morgan fingerprint density at radius 1 is 0.950 bits per heavy atom. The van der Waals surface area contributed by atoms with E-state index in [1.807, 2.05) is 37.3 Å². The Hall–Kier alpha value is -2.10. The molecule has 1 aromatic carbocycles. The SMILES string of the molecule is CC(=O)N1CCN(C(=O)/C=C(\C)c2ccccc2)CC1. The molecule has 1 heterocycles. The number of carbonyl (C=O) groups is 2. The Kier molecular flexibility index (Phi) is 4.56. The minimum atomic E-state index is 0.0227. The van der Waals surface area contributed by atoms with E-state index in [1.165, 1.54) is 0 Å². The molecule has 20 heavy (non-hydrogen) atoms. The highest BCUT2D eigenvalue weighted by Crippen LogP contribution is 2.13. The summed E-state index contributed by atoms with van der Waals surface area (Å²) in [6.07, 6.45) is 1.68. The quantitative estimate of drug-likeness (QED) is 0.770. The fourth-order valence-electron chi connectivity index (χ4n) is 2.30. The molecule has 0 saturated carbocycles. The average molecular weight is 272 g/mol. The zero-order valence-electron chi connectivity index (χ0n) is 12.0. The van der Waals surface area contributed by atoms with Gasteiger partial charge in [-0.1, -0.05) is 30.3 Å². The molecule has 0 spiro atoms. The molecule has 4 heteroatoms. The Bertz CT molecular complexity index is 515. The number of nitrogens with zero attached hydrogens (tertiary/aromatic N) is 2. The van der Waals surface area contributed by atoms with Crippen molar-refractivity contribution in [1.29, 1.82) is 0 Å². The lowest BCUT2D eigenvalue weighted by Crippen LogP contribution is -2.49. The molecule has 106 valence electrons. The second kappa shape index (κ2) is 6.37. The third-order valence-corrected chi connectivity index (χ3v) is 3.61. The number of amides is 2. The van der Waals surface area contributed by atoms with E-state index in [9.17, 15) is 9.59 Å². The average Bonchev–Trinajstić information content (AvgIpc) is 2.48. The van der Waals surface area contributed by atoms with Crippen molar-refractivity contribution in [2.45, 2.75) is 13.8 Å². The minimum Gasteiger partial charge on any atom is -0.339 e. The van der Waals surface area contributed by atoms with E-state index < -0.39 is 0 Å². The second-order valence-corrected chi connectivity index (χ2v) is 5.02. The van der Waals surface area contributed by atoms with Crippen molar-refractivity contribution in [3.63, 3.8) is 0 Å². The molecule has 0 aliphatic carbocycles. The Morgan fingerprint density at radius 3 is 2.05 bits per heavy atom. The third kappa shape index (κ3) is 3.47. The lowest BCUT2D eigenvalue weighted by molar-refractivity contribution is -0.135. The fourth-order valence-corrected chi connectivity index (χ4v) is 2.30. The summed E-state index contributed by atoms with van der Waals surface area (Å²) in [7, 11) is 0. The van der Waals surface area contributed by atoms with Gasteiger partial charge in [-0.2, -0.15) is 0 Å². The van der Waals surface area contributed by atoms with Crippen molar-refractivity contribution in [2.75, 3.05) is 26.2 Å². The van der Waals surface area contributed by atoms with Crippen LogP contribution in [-0.4, -0.2) is 47.8 Å². The van der Waals surface area contributed by atoms with Gasteiger partial charge in [-0.3, -0.25) is 9.59 Å². The molecule has 0 radical (unpaired) electrons. The van der Waals surface area contributed by atoms with Crippen LogP contribution in [0.4, 0.5) is 0 Å². The van der Waals surface area contributed by atoms with Gasteiger partial charge in [0, 0.05) is 39.2 Å². The number of hydrogen-bond donors (Lipinski definition) is 0. The van der Waals surface area contributed by atoms with E-state index in [1.54, 1.807) is 22.8 Å². The first-order chi connectivity index (χ1) is 9.58. The van der Waals surface area contributed by atoms with Crippen LogP contribution >= 0.6 is 0 Å². The van der Waals surface area contributed by atoms with Crippen molar-refractivity contribution in [1.82, 2.24) is 9.80 Å². The summed E-state index contributed by atoms with van der Waals surface area (Å²) in [6, 6.07) is 9.87. The molecule has 0 unspecified atom stereocenters. The summed E-state index contributed by atoms with van der Waals surface area (Å²) >= 11 is 0. The maximum atomic E-state index is 12.2. The molecule has 0 bridgehead atoms. The highest BCUT2D eigenvalue weighted by atomic mass is 16.2. The second-order valence-electron chi connectivity index (χ2n) is 5.02. The molecular weight excluding hydrogens is 252 g/mol. The summed E-state index contributed by atoms with van der Waals surface area (Å²) < 4.78 is 0. The molecular formula is C16H20N2O2. The first kappa shape index (κ1) is 14.3.